The van der Waals surface area contributed by atoms with Gasteiger partial charge in [0.1, 0.15) is 5.82 Å². The van der Waals surface area contributed by atoms with E-state index in [0.29, 0.717) is 4.80 Å². The van der Waals surface area contributed by atoms with Crippen molar-refractivity contribution in [2.45, 2.75) is 13.0 Å². The third-order valence-corrected chi connectivity index (χ3v) is 5.78. The van der Waals surface area contributed by atoms with Crippen molar-refractivity contribution in [1.29, 1.82) is 0 Å². The fraction of sp³-hybridized carbons (Fsp3) is 0.222. The Morgan fingerprint density at radius 3 is 2.76 bits per heavy atom. The largest absolute Gasteiger partial charge is 0.316 e. The average molecular weight is 439 g/mol. The highest BCUT2D eigenvalue weighted by molar-refractivity contribution is 9.10. The summed E-state index contributed by atoms with van der Waals surface area (Å²) in [6.07, 6.45) is 2.23. The quantitative estimate of drug-likeness (QED) is 0.581. The summed E-state index contributed by atoms with van der Waals surface area (Å²) in [6.45, 7) is 0.797. The molecule has 0 atom stereocenters. The molecule has 1 aromatic heterocycles. The summed E-state index contributed by atoms with van der Waals surface area (Å²) in [5.41, 5.74) is 1.84. The predicted octanol–water partition coefficient (Wildman–Crippen LogP) is 4.64. The molecule has 0 aliphatic rings. The Kier molecular flexibility index (Phi) is 6.09. The number of halogens is 2. The highest BCUT2D eigenvalue weighted by Crippen LogP contribution is 2.22. The van der Waals surface area contributed by atoms with Crippen LogP contribution in [0.4, 0.5) is 4.39 Å². The number of aryl methyl sites for hydroxylation is 1. The minimum atomic E-state index is -0.307. The van der Waals surface area contributed by atoms with Gasteiger partial charge in [0.2, 0.25) is 0 Å². The van der Waals surface area contributed by atoms with Crippen molar-refractivity contribution in [1.82, 2.24) is 4.57 Å². The second-order valence-electron chi connectivity index (χ2n) is 5.45. The van der Waals surface area contributed by atoms with Crippen LogP contribution in [0.15, 0.2) is 51.9 Å². The maximum Gasteiger partial charge on any atom is 0.252 e. The van der Waals surface area contributed by atoms with Crippen LogP contribution in [0.2, 0.25) is 0 Å². The molecule has 1 heterocycles. The zero-order valence-electron chi connectivity index (χ0n) is 13.5. The van der Waals surface area contributed by atoms with E-state index in [0.717, 1.165) is 32.6 Å². The number of aromatic nitrogens is 1. The van der Waals surface area contributed by atoms with Crippen LogP contribution in [0.3, 0.4) is 0 Å². The van der Waals surface area contributed by atoms with E-state index in [-0.39, 0.29) is 18.1 Å². The Morgan fingerprint density at radius 2 is 2.04 bits per heavy atom. The van der Waals surface area contributed by atoms with Gasteiger partial charge in [0.25, 0.3) is 5.91 Å². The molecule has 2 aromatic carbocycles. The number of nitrogens with zero attached hydrogens (tertiary/aromatic N) is 2. The van der Waals surface area contributed by atoms with Crippen LogP contribution in [-0.4, -0.2) is 22.5 Å². The molecule has 130 valence electrons. The van der Waals surface area contributed by atoms with Gasteiger partial charge < -0.3 is 4.57 Å². The average Bonchev–Trinajstić information content (AvgIpc) is 2.91. The number of benzene rings is 2. The molecule has 0 saturated carbocycles. The Bertz CT molecular complexity index is 963. The molecule has 3 nitrogen and oxygen atoms in total. The molecule has 3 aromatic rings. The fourth-order valence-electron chi connectivity index (χ4n) is 2.45. The zero-order chi connectivity index (χ0) is 17.8. The number of hydrogen-bond acceptors (Lipinski definition) is 3. The normalized spacial score (nSPS) is 12.0. The maximum atomic E-state index is 13.0. The third kappa shape index (κ3) is 4.59. The maximum absolute atomic E-state index is 13.0. The van der Waals surface area contributed by atoms with Crippen LogP contribution >= 0.6 is 39.0 Å². The van der Waals surface area contributed by atoms with Gasteiger partial charge in [-0.3, -0.25) is 4.79 Å². The lowest BCUT2D eigenvalue weighted by Crippen LogP contribution is -2.18. The minimum absolute atomic E-state index is 0.167. The summed E-state index contributed by atoms with van der Waals surface area (Å²) >= 11 is 6.75. The van der Waals surface area contributed by atoms with Gasteiger partial charge in [-0.2, -0.15) is 16.8 Å². The molecule has 0 unspecified atom stereocenters. The first-order valence-corrected chi connectivity index (χ1v) is 10.7. The van der Waals surface area contributed by atoms with Crippen molar-refractivity contribution in [3.63, 3.8) is 0 Å². The molecule has 0 radical (unpaired) electrons. The highest BCUT2D eigenvalue weighted by atomic mass is 79.9. The Morgan fingerprint density at radius 1 is 1.28 bits per heavy atom. The van der Waals surface area contributed by atoms with Gasteiger partial charge in [-0.05, 0) is 42.2 Å². The molecule has 25 heavy (non-hydrogen) atoms. The molecule has 7 heteroatoms. The Hall–Kier alpha value is -1.44. The third-order valence-electron chi connectivity index (χ3n) is 3.65. The topological polar surface area (TPSA) is 34.4 Å². The molecule has 0 aliphatic carbocycles. The number of thioether (sulfide) groups is 1. The van der Waals surface area contributed by atoms with Crippen molar-refractivity contribution >= 4 is 55.2 Å². The summed E-state index contributed by atoms with van der Waals surface area (Å²) < 4.78 is 17.2. The zero-order valence-corrected chi connectivity index (χ0v) is 16.8. The first kappa shape index (κ1) is 18.4. The summed E-state index contributed by atoms with van der Waals surface area (Å²) in [4.78, 5) is 17.4. The molecule has 0 saturated heterocycles. The van der Waals surface area contributed by atoms with Gasteiger partial charge in [-0.25, -0.2) is 4.39 Å². The van der Waals surface area contributed by atoms with E-state index in [1.807, 2.05) is 18.2 Å². The molecular formula is C18H16BrFN2OS2. The van der Waals surface area contributed by atoms with E-state index in [9.17, 15) is 9.18 Å². The number of hydrogen-bond donors (Lipinski definition) is 0. The molecule has 0 bridgehead atoms. The van der Waals surface area contributed by atoms with E-state index in [1.165, 1.54) is 23.5 Å². The van der Waals surface area contributed by atoms with E-state index >= 15 is 0 Å². The van der Waals surface area contributed by atoms with Crippen LogP contribution in [0.1, 0.15) is 5.56 Å². The molecule has 1 amide bonds. The summed E-state index contributed by atoms with van der Waals surface area (Å²) in [6, 6.07) is 12.0. The molecule has 0 fully saturated rings. The number of amides is 1. The van der Waals surface area contributed by atoms with Gasteiger partial charge in [0, 0.05) is 16.8 Å². The Labute approximate surface area is 161 Å². The first-order valence-electron chi connectivity index (χ1n) is 7.66. The summed E-state index contributed by atoms with van der Waals surface area (Å²) in [5.74, 6) is 0.412. The van der Waals surface area contributed by atoms with Crippen molar-refractivity contribution in [2.24, 2.45) is 4.99 Å². The van der Waals surface area contributed by atoms with Crippen LogP contribution in [0.5, 0.6) is 0 Å². The SMILES string of the molecule is CSCCn1c(=NC(=O)Cc2ccc(F)cc2)sc2cc(Br)ccc21. The van der Waals surface area contributed by atoms with Gasteiger partial charge in [-0.1, -0.05) is 39.4 Å². The Balaban J connectivity index is 1.96. The second-order valence-corrected chi connectivity index (χ2v) is 8.36. The van der Waals surface area contributed by atoms with Crippen LogP contribution in [0, 0.1) is 5.82 Å². The van der Waals surface area contributed by atoms with Gasteiger partial charge in [0.05, 0.1) is 16.6 Å². The van der Waals surface area contributed by atoms with Crippen LogP contribution in [0.25, 0.3) is 10.2 Å². The number of carbonyl (C=O) groups is 1. The summed E-state index contributed by atoms with van der Waals surface area (Å²) in [5, 5.41) is 0. The van der Waals surface area contributed by atoms with Gasteiger partial charge in [-0.15, -0.1) is 0 Å². The number of carbonyl (C=O) groups excluding carboxylic acids is 1. The van der Waals surface area contributed by atoms with E-state index in [1.54, 1.807) is 23.9 Å². The second kappa shape index (κ2) is 8.29. The first-order chi connectivity index (χ1) is 12.1. The predicted molar refractivity (Wildman–Crippen MR) is 107 cm³/mol. The molecule has 0 spiro atoms. The van der Waals surface area contributed by atoms with Crippen LogP contribution < -0.4 is 4.80 Å². The van der Waals surface area contributed by atoms with Gasteiger partial charge in [0.15, 0.2) is 4.80 Å². The van der Waals surface area contributed by atoms with E-state index in [4.69, 9.17) is 0 Å². The lowest BCUT2D eigenvalue weighted by molar-refractivity contribution is -0.117. The van der Waals surface area contributed by atoms with E-state index in [2.05, 4.69) is 31.7 Å². The van der Waals surface area contributed by atoms with Crippen LogP contribution in [-0.2, 0) is 17.8 Å². The van der Waals surface area contributed by atoms with Crippen molar-refractivity contribution < 1.29 is 9.18 Å². The number of thiazole rings is 1. The van der Waals surface area contributed by atoms with Crippen molar-refractivity contribution in [2.75, 3.05) is 12.0 Å². The molecule has 0 aliphatic heterocycles. The molecular weight excluding hydrogens is 423 g/mol. The smallest absolute Gasteiger partial charge is 0.252 e. The van der Waals surface area contributed by atoms with Crippen molar-refractivity contribution in [3.05, 3.63) is 63.1 Å². The monoisotopic (exact) mass is 438 g/mol. The van der Waals surface area contributed by atoms with Crippen molar-refractivity contribution in [3.8, 4) is 0 Å². The minimum Gasteiger partial charge on any atom is -0.316 e. The number of rotatable bonds is 5. The molecule has 0 N–H and O–H groups in total. The molecule has 3 rings (SSSR count). The van der Waals surface area contributed by atoms with Gasteiger partial charge >= 0.3 is 0 Å². The lowest BCUT2D eigenvalue weighted by atomic mass is 10.1. The standard InChI is InChI=1S/C18H16BrFN2OS2/c1-24-9-8-22-15-7-4-13(19)11-16(15)25-18(22)21-17(23)10-12-2-5-14(20)6-3-12/h2-7,11H,8-10H2,1H3. The lowest BCUT2D eigenvalue weighted by Gasteiger charge is -2.04. The summed E-state index contributed by atoms with van der Waals surface area (Å²) in [7, 11) is 0. The highest BCUT2D eigenvalue weighted by Gasteiger charge is 2.09. The number of fused-ring (bicyclic) bond motifs is 1. The van der Waals surface area contributed by atoms with E-state index < -0.39 is 0 Å². The fourth-order valence-corrected chi connectivity index (χ4v) is 4.44.